The average molecular weight is 446 g/mol. The molecule has 0 radical (unpaired) electrons. The van der Waals surface area contributed by atoms with Gasteiger partial charge in [-0.1, -0.05) is 6.42 Å². The lowest BCUT2D eigenvalue weighted by Crippen LogP contribution is -2.40. The van der Waals surface area contributed by atoms with Crippen LogP contribution in [0.3, 0.4) is 0 Å². The van der Waals surface area contributed by atoms with Crippen LogP contribution in [0.2, 0.25) is 0 Å². The molecule has 4 atom stereocenters. The van der Waals surface area contributed by atoms with E-state index in [4.69, 9.17) is 0 Å². The Labute approximate surface area is 183 Å². The van der Waals surface area contributed by atoms with Crippen LogP contribution < -0.4 is 5.32 Å². The number of nitrogens with one attached hydrogen (secondary N) is 1. The van der Waals surface area contributed by atoms with Crippen LogP contribution in [0.15, 0.2) is 18.5 Å². The van der Waals surface area contributed by atoms with Crippen molar-refractivity contribution >= 4 is 11.6 Å². The largest absolute Gasteiger partial charge is 0.433 e. The summed E-state index contributed by atoms with van der Waals surface area (Å²) in [5.74, 6) is 1.32. The molecule has 0 spiro atoms. The summed E-state index contributed by atoms with van der Waals surface area (Å²) in [6.45, 7) is 3.68. The molecule has 1 amide bonds. The number of aromatic nitrogens is 5. The van der Waals surface area contributed by atoms with Gasteiger partial charge in [-0.25, -0.2) is 9.50 Å². The van der Waals surface area contributed by atoms with E-state index >= 15 is 0 Å². The van der Waals surface area contributed by atoms with Crippen LogP contribution in [0.1, 0.15) is 54.4 Å². The number of hydrogen-bond donors (Lipinski definition) is 1. The lowest BCUT2D eigenvalue weighted by molar-refractivity contribution is -0.142. The van der Waals surface area contributed by atoms with E-state index in [1.54, 1.807) is 20.2 Å². The molecule has 0 aliphatic heterocycles. The van der Waals surface area contributed by atoms with Gasteiger partial charge in [-0.3, -0.25) is 9.48 Å². The maximum atomic E-state index is 13.8. The van der Waals surface area contributed by atoms with E-state index in [-0.39, 0.29) is 22.9 Å². The molecule has 0 unspecified atom stereocenters. The van der Waals surface area contributed by atoms with Gasteiger partial charge in [0.2, 0.25) is 0 Å². The number of hydrogen-bond acceptors (Lipinski definition) is 4. The summed E-state index contributed by atoms with van der Waals surface area (Å²) in [5, 5.41) is 11.1. The summed E-state index contributed by atoms with van der Waals surface area (Å²) in [5.41, 5.74) is 0.0630. The normalized spacial score (nSPS) is 23.8. The summed E-state index contributed by atoms with van der Waals surface area (Å²) in [6.07, 6.45) is 2.88. The molecule has 2 bridgehead atoms. The van der Waals surface area contributed by atoms with Crippen molar-refractivity contribution in [1.29, 1.82) is 0 Å². The second-order valence-corrected chi connectivity index (χ2v) is 9.22. The molecular formula is C22H25F3N6O. The van der Waals surface area contributed by atoms with E-state index in [9.17, 15) is 18.0 Å². The molecule has 7 nitrogen and oxygen atoms in total. The number of carbonyl (C=O) groups is 1. The van der Waals surface area contributed by atoms with Crippen molar-refractivity contribution in [3.8, 4) is 11.3 Å². The van der Waals surface area contributed by atoms with Crippen molar-refractivity contribution in [2.24, 2.45) is 24.8 Å². The zero-order valence-electron chi connectivity index (χ0n) is 18.1. The number of alkyl halides is 3. The summed E-state index contributed by atoms with van der Waals surface area (Å²) in [7, 11) is 1.69. The SMILES string of the molecule is Cc1nn(C)cc1-c1cc(C(F)(F)F)n2ncc(C(=O)N[C@@H](C)[C@H]3C[C@H]4CC[C@H]3C4)c2n1. The maximum absolute atomic E-state index is 13.8. The first-order valence-electron chi connectivity index (χ1n) is 10.9. The van der Waals surface area contributed by atoms with Gasteiger partial charge in [0, 0.05) is 24.8 Å². The van der Waals surface area contributed by atoms with Gasteiger partial charge >= 0.3 is 6.18 Å². The van der Waals surface area contributed by atoms with Crippen molar-refractivity contribution < 1.29 is 18.0 Å². The van der Waals surface area contributed by atoms with E-state index < -0.39 is 17.8 Å². The Hall–Kier alpha value is -2.91. The zero-order valence-corrected chi connectivity index (χ0v) is 18.1. The fourth-order valence-electron chi connectivity index (χ4n) is 5.61. The van der Waals surface area contributed by atoms with E-state index in [1.165, 1.54) is 30.1 Å². The van der Waals surface area contributed by atoms with Crippen molar-refractivity contribution in [1.82, 2.24) is 29.7 Å². The Balaban J connectivity index is 1.53. The molecule has 0 aromatic carbocycles. The van der Waals surface area contributed by atoms with Gasteiger partial charge in [0.15, 0.2) is 11.3 Å². The minimum Gasteiger partial charge on any atom is -0.349 e. The molecule has 2 aliphatic rings. The number of amides is 1. The Bertz CT molecular complexity index is 1200. The average Bonchev–Trinajstić information content (AvgIpc) is 3.49. The van der Waals surface area contributed by atoms with E-state index in [2.05, 4.69) is 20.5 Å². The summed E-state index contributed by atoms with van der Waals surface area (Å²) in [6, 6.07) is 0.891. The Morgan fingerprint density at radius 1 is 1.28 bits per heavy atom. The first kappa shape index (κ1) is 21.0. The summed E-state index contributed by atoms with van der Waals surface area (Å²) in [4.78, 5) is 17.5. The zero-order chi connectivity index (χ0) is 22.8. The van der Waals surface area contributed by atoms with Gasteiger partial charge in [-0.05, 0) is 56.9 Å². The number of halogens is 3. The van der Waals surface area contributed by atoms with E-state index in [1.807, 2.05) is 6.92 Å². The van der Waals surface area contributed by atoms with Crippen LogP contribution in [-0.4, -0.2) is 36.3 Å². The van der Waals surface area contributed by atoms with Crippen LogP contribution in [0.4, 0.5) is 13.2 Å². The molecule has 3 aromatic heterocycles. The van der Waals surface area contributed by atoms with Gasteiger partial charge < -0.3 is 5.32 Å². The maximum Gasteiger partial charge on any atom is 0.433 e. The van der Waals surface area contributed by atoms with Crippen molar-refractivity contribution in [2.45, 2.75) is 51.7 Å². The van der Waals surface area contributed by atoms with Gasteiger partial charge in [0.25, 0.3) is 5.91 Å². The highest BCUT2D eigenvalue weighted by Gasteiger charge is 2.42. The monoisotopic (exact) mass is 446 g/mol. The molecular weight excluding hydrogens is 421 g/mol. The van der Waals surface area contributed by atoms with Crippen LogP contribution in [0, 0.1) is 24.7 Å². The summed E-state index contributed by atoms with van der Waals surface area (Å²) < 4.78 is 43.7. The second kappa shape index (κ2) is 7.31. The molecule has 2 aliphatic carbocycles. The Kier molecular flexibility index (Phi) is 4.79. The van der Waals surface area contributed by atoms with Gasteiger partial charge in [-0.2, -0.15) is 23.4 Å². The smallest absolute Gasteiger partial charge is 0.349 e. The first-order valence-corrected chi connectivity index (χ1v) is 10.9. The van der Waals surface area contributed by atoms with Crippen LogP contribution >= 0.6 is 0 Å². The minimum atomic E-state index is -4.66. The molecule has 32 heavy (non-hydrogen) atoms. The predicted octanol–water partition coefficient (Wildman–Crippen LogP) is 4.01. The van der Waals surface area contributed by atoms with Crippen LogP contribution in [-0.2, 0) is 13.2 Å². The highest BCUT2D eigenvalue weighted by atomic mass is 19.4. The minimum absolute atomic E-state index is 0.0360. The van der Waals surface area contributed by atoms with Gasteiger partial charge in [0.1, 0.15) is 5.56 Å². The van der Waals surface area contributed by atoms with Crippen LogP contribution in [0.5, 0.6) is 0 Å². The van der Waals surface area contributed by atoms with Crippen molar-refractivity contribution in [2.75, 3.05) is 0 Å². The number of aryl methyl sites for hydroxylation is 2. The molecule has 3 heterocycles. The quantitative estimate of drug-likeness (QED) is 0.657. The molecule has 10 heteroatoms. The highest BCUT2D eigenvalue weighted by Crippen LogP contribution is 2.49. The van der Waals surface area contributed by atoms with Crippen LogP contribution in [0.25, 0.3) is 16.9 Å². The third kappa shape index (κ3) is 3.45. The topological polar surface area (TPSA) is 77.1 Å². The number of fused-ring (bicyclic) bond motifs is 3. The Morgan fingerprint density at radius 2 is 2.06 bits per heavy atom. The standard InChI is InChI=1S/C22H25F3N6O/c1-11(15-7-13-4-5-14(15)6-13)27-21(32)16-9-26-31-19(22(23,24)25)8-18(28-20(16)31)17-10-30(3)29-12(17)2/h8-11,13-15H,4-7H2,1-3H3,(H,27,32)/t11-,13-,14-,15+/m0/s1. The summed E-state index contributed by atoms with van der Waals surface area (Å²) >= 11 is 0. The third-order valence-electron chi connectivity index (χ3n) is 7.09. The molecule has 3 aromatic rings. The van der Waals surface area contributed by atoms with Gasteiger partial charge in [-0.15, -0.1) is 0 Å². The predicted molar refractivity (Wildman–Crippen MR) is 111 cm³/mol. The number of rotatable bonds is 4. The van der Waals surface area contributed by atoms with E-state index in [0.717, 1.165) is 18.4 Å². The number of nitrogens with zero attached hydrogens (tertiary/aromatic N) is 5. The number of carbonyl (C=O) groups excluding carboxylic acids is 1. The third-order valence-corrected chi connectivity index (χ3v) is 7.09. The molecule has 5 rings (SSSR count). The molecule has 170 valence electrons. The molecule has 1 N–H and O–H groups in total. The highest BCUT2D eigenvalue weighted by molar-refractivity contribution is 6.00. The molecule has 2 fully saturated rings. The molecule has 2 saturated carbocycles. The first-order chi connectivity index (χ1) is 15.1. The Morgan fingerprint density at radius 3 is 2.66 bits per heavy atom. The van der Waals surface area contributed by atoms with Crippen molar-refractivity contribution in [3.63, 3.8) is 0 Å². The fourth-order valence-corrected chi connectivity index (χ4v) is 5.61. The molecule has 0 saturated heterocycles. The van der Waals surface area contributed by atoms with E-state index in [0.29, 0.717) is 27.6 Å². The fraction of sp³-hybridized carbons (Fsp3) is 0.545. The van der Waals surface area contributed by atoms with Gasteiger partial charge in [0.05, 0.1) is 17.6 Å². The lowest BCUT2D eigenvalue weighted by Gasteiger charge is -2.28. The van der Waals surface area contributed by atoms with Crippen molar-refractivity contribution in [3.05, 3.63) is 35.4 Å². The lowest BCUT2D eigenvalue weighted by atomic mass is 9.84. The second-order valence-electron chi connectivity index (χ2n) is 9.22.